The van der Waals surface area contributed by atoms with E-state index in [4.69, 9.17) is 0 Å². The second-order valence-corrected chi connectivity index (χ2v) is 5.62. The van der Waals surface area contributed by atoms with Crippen LogP contribution in [0.4, 0.5) is 0 Å². The third-order valence-electron chi connectivity index (χ3n) is 2.62. The number of carbonyl (C=O) groups excluding carboxylic acids is 1. The Morgan fingerprint density at radius 2 is 1.82 bits per heavy atom. The summed E-state index contributed by atoms with van der Waals surface area (Å²) in [6.07, 6.45) is 0.346. The molecule has 0 aliphatic heterocycles. The Labute approximate surface area is 105 Å². The van der Waals surface area contributed by atoms with Crippen LogP contribution in [0, 0.1) is 5.41 Å². The molecule has 0 aromatic rings. The minimum atomic E-state index is -0.389. The van der Waals surface area contributed by atoms with Gasteiger partial charge in [0.1, 0.15) is 0 Å². The lowest BCUT2D eigenvalue weighted by Crippen LogP contribution is -2.40. The summed E-state index contributed by atoms with van der Waals surface area (Å²) in [6.45, 7) is 12.5. The molecule has 0 spiro atoms. The Kier molecular flexibility index (Phi) is 7.39. The van der Waals surface area contributed by atoms with E-state index >= 15 is 0 Å². The minimum absolute atomic E-state index is 0.0953. The maximum absolute atomic E-state index is 11.7. The molecule has 0 aromatic carbocycles. The molecule has 2 N–H and O–H groups in total. The molecule has 0 aliphatic rings. The van der Waals surface area contributed by atoms with Crippen LogP contribution in [0.1, 0.15) is 41.0 Å². The lowest BCUT2D eigenvalue weighted by atomic mass is 9.89. The molecule has 0 heterocycles. The number of nitrogens with zero attached hydrogens (tertiary/aromatic N) is 1. The standard InChI is InChI=1S/C13H28N2O2/c1-6-15(7-2)12(17)10-14-9-11(16)8-13(3,4)5/h11,14,16H,6-10H2,1-5H3. The monoisotopic (exact) mass is 244 g/mol. The molecule has 102 valence electrons. The van der Waals surface area contributed by atoms with E-state index in [-0.39, 0.29) is 17.4 Å². The molecule has 0 aromatic heterocycles. The lowest BCUT2D eigenvalue weighted by Gasteiger charge is -2.23. The van der Waals surface area contributed by atoms with E-state index in [2.05, 4.69) is 26.1 Å². The minimum Gasteiger partial charge on any atom is -0.392 e. The van der Waals surface area contributed by atoms with Crippen molar-refractivity contribution in [3.05, 3.63) is 0 Å². The number of nitrogens with one attached hydrogen (secondary N) is 1. The normalized spacial score (nSPS) is 13.5. The van der Waals surface area contributed by atoms with Crippen molar-refractivity contribution in [2.45, 2.75) is 47.1 Å². The third-order valence-corrected chi connectivity index (χ3v) is 2.62. The Balaban J connectivity index is 3.80. The van der Waals surface area contributed by atoms with Crippen molar-refractivity contribution in [3.63, 3.8) is 0 Å². The zero-order chi connectivity index (χ0) is 13.5. The molecule has 0 rings (SSSR count). The number of hydrogen-bond acceptors (Lipinski definition) is 3. The van der Waals surface area contributed by atoms with Crippen LogP contribution in [0.2, 0.25) is 0 Å². The molecule has 1 unspecified atom stereocenters. The Hall–Kier alpha value is -0.610. The number of aliphatic hydroxyl groups excluding tert-OH is 1. The fourth-order valence-electron chi connectivity index (χ4n) is 1.81. The molecular formula is C13H28N2O2. The molecule has 0 saturated heterocycles. The van der Waals surface area contributed by atoms with Gasteiger partial charge in [-0.3, -0.25) is 4.79 Å². The summed E-state index contributed by atoms with van der Waals surface area (Å²) in [5, 5.41) is 12.8. The van der Waals surface area contributed by atoms with Gasteiger partial charge in [-0.2, -0.15) is 0 Å². The van der Waals surface area contributed by atoms with Crippen LogP contribution in [-0.2, 0) is 4.79 Å². The van der Waals surface area contributed by atoms with Crippen molar-refractivity contribution >= 4 is 5.91 Å². The van der Waals surface area contributed by atoms with Gasteiger partial charge in [0.15, 0.2) is 0 Å². The molecule has 1 atom stereocenters. The molecule has 0 fully saturated rings. The van der Waals surface area contributed by atoms with E-state index in [0.29, 0.717) is 13.1 Å². The van der Waals surface area contributed by atoms with Gasteiger partial charge in [0.2, 0.25) is 5.91 Å². The predicted octanol–water partition coefficient (Wildman–Crippen LogP) is 1.24. The van der Waals surface area contributed by atoms with E-state index in [1.54, 1.807) is 4.90 Å². The van der Waals surface area contributed by atoms with Gasteiger partial charge < -0.3 is 15.3 Å². The first-order chi connectivity index (χ1) is 7.80. The first kappa shape index (κ1) is 16.4. The maximum Gasteiger partial charge on any atom is 0.236 e. The fourth-order valence-corrected chi connectivity index (χ4v) is 1.81. The molecule has 4 heteroatoms. The zero-order valence-electron chi connectivity index (χ0n) is 11.9. The zero-order valence-corrected chi connectivity index (χ0v) is 11.9. The molecule has 0 saturated carbocycles. The number of aliphatic hydroxyl groups is 1. The van der Waals surface area contributed by atoms with Gasteiger partial charge in [0.25, 0.3) is 0 Å². The summed E-state index contributed by atoms with van der Waals surface area (Å²) in [5.74, 6) is 0.0953. The summed E-state index contributed by atoms with van der Waals surface area (Å²) in [6, 6.07) is 0. The molecule has 0 aliphatic carbocycles. The molecule has 0 radical (unpaired) electrons. The van der Waals surface area contributed by atoms with E-state index in [9.17, 15) is 9.90 Å². The molecule has 0 bridgehead atoms. The molecular weight excluding hydrogens is 216 g/mol. The van der Waals surface area contributed by atoms with Crippen molar-refractivity contribution < 1.29 is 9.90 Å². The first-order valence-electron chi connectivity index (χ1n) is 6.46. The highest BCUT2D eigenvalue weighted by molar-refractivity contribution is 5.78. The van der Waals surface area contributed by atoms with Crippen molar-refractivity contribution in [1.82, 2.24) is 10.2 Å². The highest BCUT2D eigenvalue weighted by Crippen LogP contribution is 2.20. The van der Waals surface area contributed by atoms with Gasteiger partial charge in [-0.15, -0.1) is 0 Å². The van der Waals surface area contributed by atoms with Crippen molar-refractivity contribution in [2.75, 3.05) is 26.2 Å². The molecule has 17 heavy (non-hydrogen) atoms. The van der Waals surface area contributed by atoms with Gasteiger partial charge >= 0.3 is 0 Å². The van der Waals surface area contributed by atoms with Crippen LogP contribution >= 0.6 is 0 Å². The topological polar surface area (TPSA) is 52.6 Å². The van der Waals surface area contributed by atoms with E-state index in [0.717, 1.165) is 19.5 Å². The Morgan fingerprint density at radius 1 is 1.29 bits per heavy atom. The smallest absolute Gasteiger partial charge is 0.236 e. The number of rotatable bonds is 7. The number of carbonyl (C=O) groups is 1. The average Bonchev–Trinajstić information content (AvgIpc) is 2.16. The fraction of sp³-hybridized carbons (Fsp3) is 0.923. The molecule has 1 amide bonds. The number of hydrogen-bond donors (Lipinski definition) is 2. The summed E-state index contributed by atoms with van der Waals surface area (Å²) in [5.41, 5.74) is 0.115. The number of amides is 1. The maximum atomic E-state index is 11.7. The summed E-state index contributed by atoms with van der Waals surface area (Å²) >= 11 is 0. The highest BCUT2D eigenvalue weighted by Gasteiger charge is 2.17. The summed E-state index contributed by atoms with van der Waals surface area (Å²) in [4.78, 5) is 13.4. The number of likely N-dealkylation sites (N-methyl/N-ethyl adjacent to an activating group) is 1. The largest absolute Gasteiger partial charge is 0.392 e. The van der Waals surface area contributed by atoms with E-state index in [1.807, 2.05) is 13.8 Å². The van der Waals surface area contributed by atoms with Gasteiger partial charge in [-0.05, 0) is 25.7 Å². The van der Waals surface area contributed by atoms with Gasteiger partial charge in [0.05, 0.1) is 12.6 Å². The van der Waals surface area contributed by atoms with Crippen LogP contribution in [0.3, 0.4) is 0 Å². The second kappa shape index (κ2) is 7.67. The van der Waals surface area contributed by atoms with E-state index in [1.165, 1.54) is 0 Å². The van der Waals surface area contributed by atoms with Crippen LogP contribution in [0.25, 0.3) is 0 Å². The first-order valence-corrected chi connectivity index (χ1v) is 6.46. The summed E-state index contributed by atoms with van der Waals surface area (Å²) in [7, 11) is 0. The summed E-state index contributed by atoms with van der Waals surface area (Å²) < 4.78 is 0. The second-order valence-electron chi connectivity index (χ2n) is 5.62. The quantitative estimate of drug-likeness (QED) is 0.708. The van der Waals surface area contributed by atoms with Crippen LogP contribution in [0.15, 0.2) is 0 Å². The van der Waals surface area contributed by atoms with Crippen molar-refractivity contribution in [2.24, 2.45) is 5.41 Å². The van der Waals surface area contributed by atoms with Crippen LogP contribution < -0.4 is 5.32 Å². The van der Waals surface area contributed by atoms with Gasteiger partial charge in [0, 0.05) is 19.6 Å². The van der Waals surface area contributed by atoms with Crippen LogP contribution in [-0.4, -0.2) is 48.2 Å². The van der Waals surface area contributed by atoms with Crippen molar-refractivity contribution in [3.8, 4) is 0 Å². The third kappa shape index (κ3) is 8.16. The lowest BCUT2D eigenvalue weighted by molar-refractivity contribution is -0.129. The predicted molar refractivity (Wildman–Crippen MR) is 70.9 cm³/mol. The highest BCUT2D eigenvalue weighted by atomic mass is 16.3. The van der Waals surface area contributed by atoms with Crippen LogP contribution in [0.5, 0.6) is 0 Å². The molecule has 4 nitrogen and oxygen atoms in total. The van der Waals surface area contributed by atoms with Gasteiger partial charge in [-0.1, -0.05) is 20.8 Å². The Bertz CT molecular complexity index is 220. The average molecular weight is 244 g/mol. The van der Waals surface area contributed by atoms with Crippen molar-refractivity contribution in [1.29, 1.82) is 0 Å². The Morgan fingerprint density at radius 3 is 2.24 bits per heavy atom. The SMILES string of the molecule is CCN(CC)C(=O)CNCC(O)CC(C)(C)C. The van der Waals surface area contributed by atoms with Gasteiger partial charge in [-0.25, -0.2) is 0 Å². The van der Waals surface area contributed by atoms with E-state index < -0.39 is 0 Å².